The standard InChI is InChI=1S/C16H12ClF3N2O3/c17-8-13(23)22-12-6-2-5-11(14(12)15(24)25)21-10-4-1-3-9(7-10)16(18,19)20/h1-7,21H,8H2,(H,22,23)(H,24,25). The third-order valence-electron chi connectivity index (χ3n) is 3.14. The molecule has 3 N–H and O–H groups in total. The Labute approximate surface area is 145 Å². The molecule has 2 aromatic rings. The van der Waals surface area contributed by atoms with Crippen molar-refractivity contribution < 1.29 is 27.9 Å². The number of nitrogens with one attached hydrogen (secondary N) is 2. The van der Waals surface area contributed by atoms with E-state index < -0.39 is 23.6 Å². The molecule has 132 valence electrons. The van der Waals surface area contributed by atoms with Crippen LogP contribution in [-0.4, -0.2) is 22.9 Å². The molecule has 0 unspecified atom stereocenters. The Bertz CT molecular complexity index is 809. The van der Waals surface area contributed by atoms with Gasteiger partial charge in [-0.3, -0.25) is 4.79 Å². The average Bonchev–Trinajstić information content (AvgIpc) is 2.54. The number of hydrogen-bond donors (Lipinski definition) is 3. The maximum atomic E-state index is 12.8. The van der Waals surface area contributed by atoms with Crippen LogP contribution in [0, 0.1) is 0 Å². The number of carbonyl (C=O) groups is 2. The number of hydrogen-bond acceptors (Lipinski definition) is 3. The van der Waals surface area contributed by atoms with Gasteiger partial charge in [-0.25, -0.2) is 4.79 Å². The molecule has 0 aliphatic carbocycles. The molecule has 9 heteroatoms. The molecule has 1 amide bonds. The fraction of sp³-hybridized carbons (Fsp3) is 0.125. The molecular formula is C16H12ClF3N2O3. The molecule has 0 radical (unpaired) electrons. The van der Waals surface area contributed by atoms with E-state index in [1.165, 1.54) is 30.3 Å². The predicted molar refractivity (Wildman–Crippen MR) is 87.5 cm³/mol. The molecule has 0 bridgehead atoms. The minimum absolute atomic E-state index is 0.0184. The lowest BCUT2D eigenvalue weighted by Crippen LogP contribution is -2.16. The van der Waals surface area contributed by atoms with Gasteiger partial charge < -0.3 is 15.7 Å². The number of alkyl halides is 4. The van der Waals surface area contributed by atoms with Gasteiger partial charge in [0.15, 0.2) is 0 Å². The number of aromatic carboxylic acids is 1. The van der Waals surface area contributed by atoms with Crippen LogP contribution in [0.25, 0.3) is 0 Å². The summed E-state index contributed by atoms with van der Waals surface area (Å²) in [6, 6.07) is 8.50. The van der Waals surface area contributed by atoms with E-state index in [4.69, 9.17) is 11.6 Å². The van der Waals surface area contributed by atoms with Crippen LogP contribution in [0.15, 0.2) is 42.5 Å². The van der Waals surface area contributed by atoms with Crippen molar-refractivity contribution in [3.63, 3.8) is 0 Å². The van der Waals surface area contributed by atoms with E-state index in [2.05, 4.69) is 10.6 Å². The van der Waals surface area contributed by atoms with Gasteiger partial charge in [0.05, 0.1) is 16.9 Å². The maximum Gasteiger partial charge on any atom is 0.416 e. The minimum atomic E-state index is -4.52. The number of rotatable bonds is 5. The molecule has 0 aliphatic heterocycles. The Morgan fingerprint density at radius 2 is 1.72 bits per heavy atom. The van der Waals surface area contributed by atoms with Crippen molar-refractivity contribution in [1.29, 1.82) is 0 Å². The number of carbonyl (C=O) groups excluding carboxylic acids is 1. The van der Waals surface area contributed by atoms with E-state index in [-0.39, 0.29) is 28.5 Å². The van der Waals surface area contributed by atoms with Crippen LogP contribution in [0.2, 0.25) is 0 Å². The molecule has 0 aliphatic rings. The number of amides is 1. The van der Waals surface area contributed by atoms with E-state index in [1.807, 2.05) is 0 Å². The molecule has 0 saturated carbocycles. The summed E-state index contributed by atoms with van der Waals surface area (Å²) < 4.78 is 38.3. The Morgan fingerprint density at radius 3 is 2.32 bits per heavy atom. The van der Waals surface area contributed by atoms with Crippen molar-refractivity contribution in [3.05, 3.63) is 53.6 Å². The summed E-state index contributed by atoms with van der Waals surface area (Å²) in [7, 11) is 0. The number of carboxylic acids is 1. The first-order valence-corrected chi connectivity index (χ1v) is 7.42. The fourth-order valence-corrected chi connectivity index (χ4v) is 2.17. The first-order valence-electron chi connectivity index (χ1n) is 6.89. The lowest BCUT2D eigenvalue weighted by molar-refractivity contribution is -0.137. The zero-order valence-electron chi connectivity index (χ0n) is 12.5. The maximum absolute atomic E-state index is 12.8. The summed E-state index contributed by atoms with van der Waals surface area (Å²) >= 11 is 5.38. The summed E-state index contributed by atoms with van der Waals surface area (Å²) in [5.41, 5.74) is -1.10. The Kier molecular flexibility index (Phi) is 5.53. The van der Waals surface area contributed by atoms with E-state index >= 15 is 0 Å². The number of benzene rings is 2. The van der Waals surface area contributed by atoms with Gasteiger partial charge in [0.2, 0.25) is 5.91 Å². The normalized spacial score (nSPS) is 11.0. The Balaban J connectivity index is 2.41. The molecular weight excluding hydrogens is 361 g/mol. The van der Waals surface area contributed by atoms with Crippen LogP contribution in [0.5, 0.6) is 0 Å². The SMILES string of the molecule is O=C(CCl)Nc1cccc(Nc2cccc(C(F)(F)F)c2)c1C(=O)O. The van der Waals surface area contributed by atoms with Crippen LogP contribution in [0.4, 0.5) is 30.2 Å². The van der Waals surface area contributed by atoms with Gasteiger partial charge in [0.25, 0.3) is 0 Å². The monoisotopic (exact) mass is 372 g/mol. The second kappa shape index (κ2) is 7.43. The average molecular weight is 373 g/mol. The summed E-state index contributed by atoms with van der Waals surface area (Å²) in [4.78, 5) is 22.9. The molecule has 2 aromatic carbocycles. The van der Waals surface area contributed by atoms with Crippen LogP contribution in [0.1, 0.15) is 15.9 Å². The lowest BCUT2D eigenvalue weighted by atomic mass is 10.1. The predicted octanol–water partition coefficient (Wildman–Crippen LogP) is 4.32. The van der Waals surface area contributed by atoms with Gasteiger partial charge in [-0.2, -0.15) is 13.2 Å². The molecule has 2 rings (SSSR count). The molecule has 5 nitrogen and oxygen atoms in total. The van der Waals surface area contributed by atoms with Gasteiger partial charge in [0, 0.05) is 5.69 Å². The van der Waals surface area contributed by atoms with Gasteiger partial charge in [-0.15, -0.1) is 11.6 Å². The van der Waals surface area contributed by atoms with Crippen molar-refractivity contribution in [3.8, 4) is 0 Å². The molecule has 0 fully saturated rings. The third-order valence-corrected chi connectivity index (χ3v) is 3.39. The zero-order valence-corrected chi connectivity index (χ0v) is 13.3. The van der Waals surface area contributed by atoms with Crippen LogP contribution in [-0.2, 0) is 11.0 Å². The Hall–Kier alpha value is -2.74. The summed E-state index contributed by atoms with van der Waals surface area (Å²) in [6.07, 6.45) is -4.52. The highest BCUT2D eigenvalue weighted by atomic mass is 35.5. The fourth-order valence-electron chi connectivity index (χ4n) is 2.10. The third kappa shape index (κ3) is 4.63. The van der Waals surface area contributed by atoms with Crippen molar-refractivity contribution in [1.82, 2.24) is 0 Å². The van der Waals surface area contributed by atoms with Crippen LogP contribution >= 0.6 is 11.6 Å². The lowest BCUT2D eigenvalue weighted by Gasteiger charge is -2.15. The van der Waals surface area contributed by atoms with Gasteiger partial charge >= 0.3 is 12.1 Å². The molecule has 0 heterocycles. The topological polar surface area (TPSA) is 78.4 Å². The van der Waals surface area contributed by atoms with Crippen molar-refractivity contribution in [2.75, 3.05) is 16.5 Å². The second-order valence-corrected chi connectivity index (χ2v) is 5.19. The number of halogens is 4. The van der Waals surface area contributed by atoms with Crippen molar-refractivity contribution in [2.24, 2.45) is 0 Å². The van der Waals surface area contributed by atoms with E-state index in [9.17, 15) is 27.9 Å². The molecule has 25 heavy (non-hydrogen) atoms. The van der Waals surface area contributed by atoms with Gasteiger partial charge in [-0.05, 0) is 30.3 Å². The van der Waals surface area contributed by atoms with E-state index in [0.29, 0.717) is 0 Å². The number of carboxylic acid groups (broad SMARTS) is 1. The molecule has 0 saturated heterocycles. The van der Waals surface area contributed by atoms with E-state index in [0.717, 1.165) is 12.1 Å². The first-order chi connectivity index (χ1) is 11.7. The summed E-state index contributed by atoms with van der Waals surface area (Å²) in [6.45, 7) is 0. The smallest absolute Gasteiger partial charge is 0.416 e. The van der Waals surface area contributed by atoms with Crippen molar-refractivity contribution >= 4 is 40.5 Å². The quantitative estimate of drug-likeness (QED) is 0.683. The molecule has 0 aromatic heterocycles. The highest BCUT2D eigenvalue weighted by Gasteiger charge is 2.30. The van der Waals surface area contributed by atoms with Crippen LogP contribution in [0.3, 0.4) is 0 Å². The summed E-state index contributed by atoms with van der Waals surface area (Å²) in [5, 5.41) is 14.4. The van der Waals surface area contributed by atoms with Crippen LogP contribution < -0.4 is 10.6 Å². The van der Waals surface area contributed by atoms with E-state index in [1.54, 1.807) is 0 Å². The number of anilines is 3. The van der Waals surface area contributed by atoms with Crippen molar-refractivity contribution in [2.45, 2.75) is 6.18 Å². The molecule has 0 atom stereocenters. The highest BCUT2D eigenvalue weighted by molar-refractivity contribution is 6.29. The Morgan fingerprint density at radius 1 is 1.08 bits per heavy atom. The largest absolute Gasteiger partial charge is 0.478 e. The molecule has 0 spiro atoms. The minimum Gasteiger partial charge on any atom is -0.478 e. The first kappa shape index (κ1) is 18.6. The van der Waals surface area contributed by atoms with Gasteiger partial charge in [0.1, 0.15) is 11.4 Å². The highest BCUT2D eigenvalue weighted by Crippen LogP contribution is 2.33. The summed E-state index contributed by atoms with van der Waals surface area (Å²) in [5.74, 6) is -2.34. The zero-order chi connectivity index (χ0) is 18.6. The van der Waals surface area contributed by atoms with Gasteiger partial charge in [-0.1, -0.05) is 12.1 Å². The second-order valence-electron chi connectivity index (χ2n) is 4.92.